The zero-order valence-corrected chi connectivity index (χ0v) is 13.9. The van der Waals surface area contributed by atoms with Crippen molar-refractivity contribution in [3.8, 4) is 0 Å². The molecule has 0 aliphatic heterocycles. The van der Waals surface area contributed by atoms with Gasteiger partial charge in [-0.2, -0.15) is 5.10 Å². The Kier molecular flexibility index (Phi) is 8.34. The topological polar surface area (TPSA) is 39.1 Å². The Bertz CT molecular complexity index is 346. The molecule has 1 atom stereocenters. The molecule has 0 aromatic carbocycles. The lowest BCUT2D eigenvalue weighted by Crippen LogP contribution is -2.26. The summed E-state index contributed by atoms with van der Waals surface area (Å²) >= 11 is 3.63. The molecule has 0 aliphatic rings. The van der Waals surface area contributed by atoms with Crippen LogP contribution >= 0.6 is 15.9 Å². The van der Waals surface area contributed by atoms with Gasteiger partial charge < -0.3 is 10.1 Å². The average Bonchev–Trinajstić information content (AvgIpc) is 2.78. The smallest absolute Gasteiger partial charge is 0.0696 e. The highest BCUT2D eigenvalue weighted by atomic mass is 79.9. The molecule has 1 N–H and O–H groups in total. The zero-order valence-electron chi connectivity index (χ0n) is 12.3. The van der Waals surface area contributed by atoms with Crippen LogP contribution in [0.25, 0.3) is 0 Å². The number of nitrogens with one attached hydrogen (secondary N) is 1. The number of nitrogens with zero attached hydrogens (tertiary/aromatic N) is 2. The fourth-order valence-electron chi connectivity index (χ4n) is 2.14. The van der Waals surface area contributed by atoms with Gasteiger partial charge in [-0.15, -0.1) is 0 Å². The monoisotopic (exact) mass is 331 g/mol. The molecule has 0 bridgehead atoms. The summed E-state index contributed by atoms with van der Waals surface area (Å²) in [5, 5.41) is 8.07. The number of unbranched alkanes of at least 4 members (excludes halogenated alkanes) is 1. The lowest BCUT2D eigenvalue weighted by Gasteiger charge is -2.20. The van der Waals surface area contributed by atoms with Gasteiger partial charge in [0.2, 0.25) is 0 Å². The van der Waals surface area contributed by atoms with Gasteiger partial charge in [0, 0.05) is 7.11 Å². The van der Waals surface area contributed by atoms with Gasteiger partial charge in [-0.1, -0.05) is 26.7 Å². The van der Waals surface area contributed by atoms with E-state index >= 15 is 0 Å². The molecule has 0 spiro atoms. The number of ether oxygens (including phenoxy) is 1. The number of hydrogen-bond acceptors (Lipinski definition) is 3. The van der Waals surface area contributed by atoms with Crippen LogP contribution in [0, 0.1) is 0 Å². The van der Waals surface area contributed by atoms with Crippen LogP contribution in [0.15, 0.2) is 10.7 Å². The van der Waals surface area contributed by atoms with Crippen LogP contribution in [0.2, 0.25) is 0 Å². The van der Waals surface area contributed by atoms with Gasteiger partial charge in [-0.25, -0.2) is 0 Å². The second-order valence-corrected chi connectivity index (χ2v) is 5.60. The highest BCUT2D eigenvalue weighted by molar-refractivity contribution is 9.10. The van der Waals surface area contributed by atoms with Gasteiger partial charge in [-0.3, -0.25) is 4.68 Å². The van der Waals surface area contributed by atoms with Crippen molar-refractivity contribution >= 4 is 15.9 Å². The molecule has 0 saturated carbocycles. The van der Waals surface area contributed by atoms with E-state index in [9.17, 15) is 0 Å². The maximum atomic E-state index is 5.16. The molecule has 0 saturated heterocycles. The Balaban J connectivity index is 2.82. The van der Waals surface area contributed by atoms with E-state index in [0.717, 1.165) is 30.4 Å². The van der Waals surface area contributed by atoms with E-state index in [2.05, 4.69) is 44.9 Å². The lowest BCUT2D eigenvalue weighted by molar-refractivity contribution is 0.181. The van der Waals surface area contributed by atoms with E-state index in [4.69, 9.17) is 4.74 Å². The molecule has 0 fully saturated rings. The molecule has 4 nitrogen and oxygen atoms in total. The summed E-state index contributed by atoms with van der Waals surface area (Å²) in [6.07, 6.45) is 6.62. The first-order chi connectivity index (χ1) is 9.24. The summed E-state index contributed by atoms with van der Waals surface area (Å²) in [4.78, 5) is 0. The largest absolute Gasteiger partial charge is 0.383 e. The van der Waals surface area contributed by atoms with Crippen LogP contribution in [-0.2, 0) is 11.3 Å². The van der Waals surface area contributed by atoms with Gasteiger partial charge in [0.05, 0.1) is 35.6 Å². The van der Waals surface area contributed by atoms with Crippen LogP contribution in [0.3, 0.4) is 0 Å². The van der Waals surface area contributed by atoms with Gasteiger partial charge in [0.1, 0.15) is 0 Å². The van der Waals surface area contributed by atoms with Crippen molar-refractivity contribution < 1.29 is 4.74 Å². The van der Waals surface area contributed by atoms with Crippen molar-refractivity contribution in [3.63, 3.8) is 0 Å². The molecular formula is C14H26BrN3O. The molecule has 1 rings (SSSR count). The summed E-state index contributed by atoms with van der Waals surface area (Å²) in [6.45, 7) is 6.95. The molecule has 0 aliphatic carbocycles. The number of methoxy groups -OCH3 is 1. The van der Waals surface area contributed by atoms with Crippen molar-refractivity contribution in [2.24, 2.45) is 0 Å². The third-order valence-corrected chi connectivity index (χ3v) is 3.77. The molecule has 5 heteroatoms. The Morgan fingerprint density at radius 1 is 1.42 bits per heavy atom. The molecule has 1 aromatic heterocycles. The van der Waals surface area contributed by atoms with E-state index in [-0.39, 0.29) is 0 Å². The summed E-state index contributed by atoms with van der Waals surface area (Å²) < 4.78 is 8.30. The van der Waals surface area contributed by atoms with E-state index < -0.39 is 0 Å². The zero-order chi connectivity index (χ0) is 14.1. The third kappa shape index (κ3) is 5.24. The molecule has 1 aromatic rings. The number of aromatic nitrogens is 2. The van der Waals surface area contributed by atoms with Crippen LogP contribution < -0.4 is 5.32 Å². The Morgan fingerprint density at radius 3 is 2.84 bits per heavy atom. The predicted molar refractivity (Wildman–Crippen MR) is 82.4 cm³/mol. The molecular weight excluding hydrogens is 306 g/mol. The summed E-state index contributed by atoms with van der Waals surface area (Å²) in [6, 6.07) is 0.369. The summed E-state index contributed by atoms with van der Waals surface area (Å²) in [5.74, 6) is 0. The minimum absolute atomic E-state index is 0.369. The molecule has 110 valence electrons. The van der Waals surface area contributed by atoms with Gasteiger partial charge in [0.15, 0.2) is 0 Å². The third-order valence-electron chi connectivity index (χ3n) is 3.16. The van der Waals surface area contributed by atoms with Crippen molar-refractivity contribution in [2.45, 2.75) is 52.1 Å². The highest BCUT2D eigenvalue weighted by Crippen LogP contribution is 2.27. The van der Waals surface area contributed by atoms with E-state index in [0.29, 0.717) is 12.6 Å². The first-order valence-electron chi connectivity index (χ1n) is 7.18. The van der Waals surface area contributed by atoms with Crippen LogP contribution in [0.5, 0.6) is 0 Å². The summed E-state index contributed by atoms with van der Waals surface area (Å²) in [5.41, 5.74) is 1.25. The maximum Gasteiger partial charge on any atom is 0.0696 e. The molecule has 1 heterocycles. The second kappa shape index (κ2) is 9.50. The van der Waals surface area contributed by atoms with Crippen molar-refractivity contribution in [1.82, 2.24) is 15.1 Å². The Morgan fingerprint density at radius 2 is 2.21 bits per heavy atom. The fraction of sp³-hybridized carbons (Fsp3) is 0.786. The van der Waals surface area contributed by atoms with Gasteiger partial charge >= 0.3 is 0 Å². The first-order valence-corrected chi connectivity index (χ1v) is 7.97. The fourth-order valence-corrected chi connectivity index (χ4v) is 2.71. The lowest BCUT2D eigenvalue weighted by atomic mass is 10.1. The molecule has 19 heavy (non-hydrogen) atoms. The minimum atomic E-state index is 0.369. The van der Waals surface area contributed by atoms with E-state index in [1.807, 2.05) is 6.20 Å². The van der Waals surface area contributed by atoms with Crippen LogP contribution in [0.4, 0.5) is 0 Å². The van der Waals surface area contributed by atoms with Crippen molar-refractivity contribution in [3.05, 3.63) is 16.4 Å². The molecule has 1 unspecified atom stereocenters. The standard InChI is InChI=1S/C14H26BrN3O/c1-4-6-7-13(16-8-5-2)14-12(15)11-17-18(14)9-10-19-3/h11,13,16H,4-10H2,1-3H3. The number of hydrogen-bond donors (Lipinski definition) is 1. The average molecular weight is 332 g/mol. The molecule has 0 radical (unpaired) electrons. The van der Waals surface area contributed by atoms with Gasteiger partial charge in [0.25, 0.3) is 0 Å². The quantitative estimate of drug-likeness (QED) is 0.712. The predicted octanol–water partition coefficient (Wildman–Crippen LogP) is 3.52. The number of halogens is 1. The van der Waals surface area contributed by atoms with Gasteiger partial charge in [-0.05, 0) is 35.3 Å². The van der Waals surface area contributed by atoms with Crippen LogP contribution in [-0.4, -0.2) is 30.0 Å². The maximum absolute atomic E-state index is 5.16. The second-order valence-electron chi connectivity index (χ2n) is 4.74. The SMILES string of the molecule is CCCCC(NCCC)c1c(Br)cnn1CCOC. The van der Waals surface area contributed by atoms with Crippen molar-refractivity contribution in [2.75, 3.05) is 20.3 Å². The van der Waals surface area contributed by atoms with Crippen LogP contribution in [0.1, 0.15) is 51.3 Å². The molecule has 0 amide bonds. The minimum Gasteiger partial charge on any atom is -0.383 e. The van der Waals surface area contributed by atoms with E-state index in [1.165, 1.54) is 18.5 Å². The number of rotatable bonds is 10. The Hall–Kier alpha value is -0.390. The summed E-state index contributed by atoms with van der Waals surface area (Å²) in [7, 11) is 1.72. The Labute approximate surface area is 125 Å². The van der Waals surface area contributed by atoms with Crippen molar-refractivity contribution in [1.29, 1.82) is 0 Å². The first kappa shape index (κ1) is 16.7. The normalized spacial score (nSPS) is 12.8. The highest BCUT2D eigenvalue weighted by Gasteiger charge is 2.19. The van der Waals surface area contributed by atoms with E-state index in [1.54, 1.807) is 7.11 Å².